The minimum atomic E-state index is -0.298. The summed E-state index contributed by atoms with van der Waals surface area (Å²) in [5.41, 5.74) is 4.55. The van der Waals surface area contributed by atoms with Crippen LogP contribution in [-0.4, -0.2) is 0 Å². The van der Waals surface area contributed by atoms with Gasteiger partial charge in [-0.1, -0.05) is 42.5 Å². The molecule has 1 unspecified atom stereocenters. The third kappa shape index (κ3) is 2.83. The molecule has 106 valence electrons. The van der Waals surface area contributed by atoms with Crippen molar-refractivity contribution in [3.8, 4) is 0 Å². The monoisotopic (exact) mass is 344 g/mol. The van der Waals surface area contributed by atoms with Crippen molar-refractivity contribution in [2.24, 2.45) is 5.84 Å². The zero-order valence-electron chi connectivity index (χ0n) is 11.2. The molecule has 0 saturated heterocycles. The molecule has 0 radical (unpaired) electrons. The van der Waals surface area contributed by atoms with E-state index >= 15 is 0 Å². The van der Waals surface area contributed by atoms with Crippen LogP contribution in [0.5, 0.6) is 0 Å². The van der Waals surface area contributed by atoms with E-state index in [9.17, 15) is 4.39 Å². The molecule has 0 aliphatic heterocycles. The molecule has 4 heteroatoms. The normalized spacial score (nSPS) is 12.5. The maximum atomic E-state index is 13.7. The van der Waals surface area contributed by atoms with Crippen molar-refractivity contribution in [2.45, 2.75) is 6.04 Å². The van der Waals surface area contributed by atoms with Crippen molar-refractivity contribution in [3.05, 3.63) is 82.1 Å². The van der Waals surface area contributed by atoms with Crippen molar-refractivity contribution >= 4 is 26.7 Å². The first-order valence-corrected chi connectivity index (χ1v) is 7.38. The molecule has 2 nitrogen and oxygen atoms in total. The zero-order valence-corrected chi connectivity index (χ0v) is 12.8. The predicted octanol–water partition coefficient (Wildman–Crippen LogP) is 4.29. The summed E-state index contributed by atoms with van der Waals surface area (Å²) < 4.78 is 14.2. The minimum Gasteiger partial charge on any atom is -0.271 e. The standard InChI is InChI=1S/C17H14BrFN2/c18-15-8-7-14(10-16(15)19)17(21-20)13-6-5-11-3-1-2-4-12(11)9-13/h1-10,17,21H,20H2. The molecule has 0 aliphatic carbocycles. The number of halogens is 2. The van der Waals surface area contributed by atoms with Gasteiger partial charge in [0.1, 0.15) is 5.82 Å². The van der Waals surface area contributed by atoms with Crippen molar-refractivity contribution in [1.82, 2.24) is 5.43 Å². The molecule has 3 N–H and O–H groups in total. The molecule has 0 bridgehead atoms. The van der Waals surface area contributed by atoms with Crippen molar-refractivity contribution < 1.29 is 4.39 Å². The smallest absolute Gasteiger partial charge is 0.137 e. The molecular formula is C17H14BrFN2. The number of hydrogen-bond donors (Lipinski definition) is 2. The highest BCUT2D eigenvalue weighted by Crippen LogP contribution is 2.27. The summed E-state index contributed by atoms with van der Waals surface area (Å²) in [5.74, 6) is 5.39. The fraction of sp³-hybridized carbons (Fsp3) is 0.0588. The Balaban J connectivity index is 2.06. The first kappa shape index (κ1) is 14.2. The van der Waals surface area contributed by atoms with Crippen molar-refractivity contribution in [3.63, 3.8) is 0 Å². The molecular weight excluding hydrogens is 331 g/mol. The van der Waals surface area contributed by atoms with Gasteiger partial charge in [0.25, 0.3) is 0 Å². The summed E-state index contributed by atoms with van der Waals surface area (Å²) in [4.78, 5) is 0. The van der Waals surface area contributed by atoms with E-state index in [-0.39, 0.29) is 11.9 Å². The third-order valence-electron chi connectivity index (χ3n) is 3.55. The van der Waals surface area contributed by atoms with Gasteiger partial charge in [0.2, 0.25) is 0 Å². The van der Waals surface area contributed by atoms with Crippen LogP contribution >= 0.6 is 15.9 Å². The van der Waals surface area contributed by atoms with Crippen LogP contribution in [0.1, 0.15) is 17.2 Å². The lowest BCUT2D eigenvalue weighted by Gasteiger charge is -2.18. The van der Waals surface area contributed by atoms with Crippen LogP contribution < -0.4 is 11.3 Å². The number of benzene rings is 3. The van der Waals surface area contributed by atoms with Gasteiger partial charge in [-0.3, -0.25) is 5.84 Å². The second-order valence-electron chi connectivity index (χ2n) is 4.88. The van der Waals surface area contributed by atoms with Gasteiger partial charge in [0, 0.05) is 0 Å². The molecule has 21 heavy (non-hydrogen) atoms. The van der Waals surface area contributed by atoms with Gasteiger partial charge in [0.05, 0.1) is 10.5 Å². The quantitative estimate of drug-likeness (QED) is 0.549. The molecule has 0 amide bonds. The van der Waals surface area contributed by atoms with Crippen LogP contribution in [0.25, 0.3) is 10.8 Å². The van der Waals surface area contributed by atoms with E-state index in [0.717, 1.165) is 16.5 Å². The zero-order chi connectivity index (χ0) is 14.8. The first-order valence-electron chi connectivity index (χ1n) is 6.59. The van der Waals surface area contributed by atoms with Crippen LogP contribution in [0.15, 0.2) is 65.1 Å². The number of hydrazine groups is 1. The number of rotatable bonds is 3. The van der Waals surface area contributed by atoms with Gasteiger partial charge in [0.15, 0.2) is 0 Å². The van der Waals surface area contributed by atoms with Crippen LogP contribution in [0.4, 0.5) is 4.39 Å². The number of nitrogens with one attached hydrogen (secondary N) is 1. The highest BCUT2D eigenvalue weighted by molar-refractivity contribution is 9.10. The van der Waals surface area contributed by atoms with Crippen LogP contribution in [0.3, 0.4) is 0 Å². The lowest BCUT2D eigenvalue weighted by molar-refractivity contribution is 0.601. The summed E-state index contributed by atoms with van der Waals surface area (Å²) in [7, 11) is 0. The Bertz CT molecular complexity index is 789. The SMILES string of the molecule is NNC(c1ccc(Br)c(F)c1)c1ccc2ccccc2c1. The Kier molecular flexibility index (Phi) is 4.01. The Morgan fingerprint density at radius 2 is 1.57 bits per heavy atom. The van der Waals surface area contributed by atoms with Crippen LogP contribution in [0, 0.1) is 5.82 Å². The van der Waals surface area contributed by atoms with Gasteiger partial charge in [-0.2, -0.15) is 0 Å². The van der Waals surface area contributed by atoms with E-state index < -0.39 is 0 Å². The lowest BCUT2D eigenvalue weighted by atomic mass is 9.97. The molecule has 3 aromatic carbocycles. The Labute approximate surface area is 130 Å². The summed E-state index contributed by atoms with van der Waals surface area (Å²) in [6.45, 7) is 0. The summed E-state index contributed by atoms with van der Waals surface area (Å²) >= 11 is 3.16. The fourth-order valence-corrected chi connectivity index (χ4v) is 2.71. The van der Waals surface area contributed by atoms with Crippen molar-refractivity contribution in [1.29, 1.82) is 0 Å². The highest BCUT2D eigenvalue weighted by atomic mass is 79.9. The molecule has 3 aromatic rings. The molecule has 0 heterocycles. The van der Waals surface area contributed by atoms with Crippen LogP contribution in [0.2, 0.25) is 0 Å². The number of hydrogen-bond acceptors (Lipinski definition) is 2. The lowest BCUT2D eigenvalue weighted by Crippen LogP contribution is -2.28. The fourth-order valence-electron chi connectivity index (χ4n) is 2.46. The molecule has 3 rings (SSSR count). The number of nitrogens with two attached hydrogens (primary N) is 1. The van der Waals surface area contributed by atoms with E-state index in [2.05, 4.69) is 39.6 Å². The molecule has 0 aliphatic rings. The maximum absolute atomic E-state index is 13.7. The van der Waals surface area contributed by atoms with Crippen LogP contribution in [-0.2, 0) is 0 Å². The Morgan fingerprint density at radius 1 is 0.905 bits per heavy atom. The second-order valence-corrected chi connectivity index (χ2v) is 5.73. The van der Waals surface area contributed by atoms with E-state index in [1.165, 1.54) is 11.5 Å². The van der Waals surface area contributed by atoms with Gasteiger partial charge >= 0.3 is 0 Å². The van der Waals surface area contributed by atoms with E-state index in [0.29, 0.717) is 4.47 Å². The second kappa shape index (κ2) is 5.93. The average Bonchev–Trinajstić information content (AvgIpc) is 2.51. The molecule has 0 fully saturated rings. The summed E-state index contributed by atoms with van der Waals surface area (Å²) in [6, 6.07) is 19.0. The first-order chi connectivity index (χ1) is 10.2. The Morgan fingerprint density at radius 3 is 2.29 bits per heavy atom. The average molecular weight is 345 g/mol. The molecule has 0 spiro atoms. The van der Waals surface area contributed by atoms with E-state index in [1.54, 1.807) is 6.07 Å². The summed E-state index contributed by atoms with van der Waals surface area (Å²) in [6.07, 6.45) is 0. The molecule has 0 aromatic heterocycles. The van der Waals surface area contributed by atoms with E-state index in [4.69, 9.17) is 5.84 Å². The van der Waals surface area contributed by atoms with Gasteiger partial charge < -0.3 is 0 Å². The largest absolute Gasteiger partial charge is 0.271 e. The maximum Gasteiger partial charge on any atom is 0.137 e. The Hall–Kier alpha value is -1.75. The van der Waals surface area contributed by atoms with Gasteiger partial charge in [-0.05, 0) is 56.0 Å². The minimum absolute atomic E-state index is 0.253. The predicted molar refractivity (Wildman–Crippen MR) is 87.2 cm³/mol. The molecule has 1 atom stereocenters. The number of fused-ring (bicyclic) bond motifs is 1. The summed E-state index contributed by atoms with van der Waals surface area (Å²) in [5, 5.41) is 2.30. The third-order valence-corrected chi connectivity index (χ3v) is 4.19. The van der Waals surface area contributed by atoms with Gasteiger partial charge in [-0.25, -0.2) is 9.82 Å². The highest BCUT2D eigenvalue weighted by Gasteiger charge is 2.14. The molecule has 0 saturated carbocycles. The van der Waals surface area contributed by atoms with Crippen molar-refractivity contribution in [2.75, 3.05) is 0 Å². The topological polar surface area (TPSA) is 38.0 Å². The van der Waals surface area contributed by atoms with E-state index in [1.807, 2.05) is 30.3 Å². The van der Waals surface area contributed by atoms with Gasteiger partial charge in [-0.15, -0.1) is 0 Å².